The zero-order valence-corrected chi connectivity index (χ0v) is 13.7. The van der Waals surface area contributed by atoms with E-state index in [1.54, 1.807) is 54.6 Å². The fourth-order valence-electron chi connectivity index (χ4n) is 2.47. The van der Waals surface area contributed by atoms with Crippen LogP contribution in [0.3, 0.4) is 0 Å². The van der Waals surface area contributed by atoms with Gasteiger partial charge in [0.2, 0.25) is 0 Å². The third-order valence-electron chi connectivity index (χ3n) is 3.93. The number of phenolic OH excluding ortho intramolecular Hbond substituents is 1. The Morgan fingerprint density at radius 2 is 1.57 bits per heavy atom. The van der Waals surface area contributed by atoms with Crippen molar-refractivity contribution in [3.63, 3.8) is 0 Å². The number of rotatable bonds is 3. The summed E-state index contributed by atoms with van der Waals surface area (Å²) in [5.41, 5.74) is 2.40. The van der Waals surface area contributed by atoms with E-state index in [9.17, 15) is 13.5 Å². The Labute approximate surface area is 135 Å². The third kappa shape index (κ3) is 2.87. The second-order valence-electron chi connectivity index (χ2n) is 5.53. The van der Waals surface area contributed by atoms with Crippen LogP contribution >= 0.6 is 0 Å². The molecule has 0 atom stereocenters. The summed E-state index contributed by atoms with van der Waals surface area (Å²) in [6.45, 7) is 3.82. The van der Waals surface area contributed by atoms with Gasteiger partial charge in [0, 0.05) is 10.8 Å². The highest BCUT2D eigenvalue weighted by Crippen LogP contribution is 2.31. The molecule has 0 saturated carbocycles. The molecule has 0 amide bonds. The van der Waals surface area contributed by atoms with E-state index >= 15 is 0 Å². The van der Waals surface area contributed by atoms with Crippen molar-refractivity contribution in [2.45, 2.75) is 18.7 Å². The molecule has 0 fully saturated rings. The molecule has 0 unspecified atom stereocenters. The van der Waals surface area contributed by atoms with Crippen LogP contribution in [0.1, 0.15) is 11.1 Å². The fraction of sp³-hybridized carbons (Fsp3) is 0.111. The van der Waals surface area contributed by atoms with E-state index < -0.39 is 10.0 Å². The van der Waals surface area contributed by atoms with Gasteiger partial charge in [-0.05, 0) is 49.2 Å². The molecule has 0 bridgehead atoms. The number of aryl methyl sites for hydroxylation is 2. The zero-order valence-electron chi connectivity index (χ0n) is 12.9. The Bertz CT molecular complexity index is 994. The number of nitrogens with one attached hydrogen (secondary N) is 1. The van der Waals surface area contributed by atoms with Crippen molar-refractivity contribution >= 4 is 26.5 Å². The van der Waals surface area contributed by atoms with Crippen molar-refractivity contribution in [3.05, 3.63) is 65.7 Å². The number of benzene rings is 3. The average Bonchev–Trinajstić information content (AvgIpc) is 2.51. The first-order valence-corrected chi connectivity index (χ1v) is 8.67. The van der Waals surface area contributed by atoms with Crippen LogP contribution in [0.5, 0.6) is 5.75 Å². The third-order valence-corrected chi connectivity index (χ3v) is 5.30. The van der Waals surface area contributed by atoms with E-state index in [1.165, 1.54) is 0 Å². The quantitative estimate of drug-likeness (QED) is 0.765. The minimum Gasteiger partial charge on any atom is -0.507 e. The van der Waals surface area contributed by atoms with Crippen LogP contribution in [0.4, 0.5) is 5.69 Å². The molecule has 0 heterocycles. The topological polar surface area (TPSA) is 66.4 Å². The molecule has 0 spiro atoms. The first kappa shape index (κ1) is 15.4. The highest BCUT2D eigenvalue weighted by molar-refractivity contribution is 7.92. The minimum atomic E-state index is -3.69. The van der Waals surface area contributed by atoms with Gasteiger partial charge in [0.05, 0.1) is 10.6 Å². The van der Waals surface area contributed by atoms with Crippen LogP contribution in [0, 0.1) is 13.8 Å². The predicted molar refractivity (Wildman–Crippen MR) is 92.3 cm³/mol. The molecule has 0 aliphatic rings. The van der Waals surface area contributed by atoms with Gasteiger partial charge in [0.1, 0.15) is 5.75 Å². The summed E-state index contributed by atoms with van der Waals surface area (Å²) in [6, 6.07) is 15.2. The summed E-state index contributed by atoms with van der Waals surface area (Å²) < 4.78 is 27.9. The highest BCUT2D eigenvalue weighted by atomic mass is 32.2. The van der Waals surface area contributed by atoms with Gasteiger partial charge < -0.3 is 5.11 Å². The number of anilines is 1. The van der Waals surface area contributed by atoms with Gasteiger partial charge in [-0.1, -0.05) is 30.3 Å². The second-order valence-corrected chi connectivity index (χ2v) is 7.21. The summed E-state index contributed by atoms with van der Waals surface area (Å²) in [6.07, 6.45) is 0. The summed E-state index contributed by atoms with van der Waals surface area (Å²) in [4.78, 5) is 0.220. The van der Waals surface area contributed by atoms with E-state index in [0.717, 1.165) is 11.1 Å². The van der Waals surface area contributed by atoms with Gasteiger partial charge >= 0.3 is 0 Å². The van der Waals surface area contributed by atoms with Crippen LogP contribution in [-0.2, 0) is 10.0 Å². The maximum Gasteiger partial charge on any atom is 0.261 e. The van der Waals surface area contributed by atoms with Crippen molar-refractivity contribution in [1.82, 2.24) is 0 Å². The molecule has 0 aliphatic heterocycles. The normalized spacial score (nSPS) is 11.6. The molecular weight excluding hydrogens is 310 g/mol. The van der Waals surface area contributed by atoms with E-state index in [4.69, 9.17) is 0 Å². The van der Waals surface area contributed by atoms with E-state index in [2.05, 4.69) is 4.72 Å². The summed E-state index contributed by atoms with van der Waals surface area (Å²) in [7, 11) is -3.69. The van der Waals surface area contributed by atoms with Crippen LogP contribution < -0.4 is 4.72 Å². The average molecular weight is 327 g/mol. The number of sulfonamides is 1. The van der Waals surface area contributed by atoms with Crippen LogP contribution in [-0.4, -0.2) is 13.5 Å². The van der Waals surface area contributed by atoms with Crippen molar-refractivity contribution < 1.29 is 13.5 Å². The highest BCUT2D eigenvalue weighted by Gasteiger charge is 2.16. The lowest BCUT2D eigenvalue weighted by atomic mass is 10.1. The van der Waals surface area contributed by atoms with Gasteiger partial charge in [-0.2, -0.15) is 0 Å². The molecule has 4 nitrogen and oxygen atoms in total. The van der Waals surface area contributed by atoms with Crippen molar-refractivity contribution in [2.75, 3.05) is 4.72 Å². The van der Waals surface area contributed by atoms with Gasteiger partial charge in [-0.3, -0.25) is 4.72 Å². The van der Waals surface area contributed by atoms with Crippen molar-refractivity contribution in [2.24, 2.45) is 0 Å². The largest absolute Gasteiger partial charge is 0.507 e. The van der Waals surface area contributed by atoms with Gasteiger partial charge in [-0.25, -0.2) is 8.42 Å². The van der Waals surface area contributed by atoms with Gasteiger partial charge in [0.25, 0.3) is 10.0 Å². The van der Waals surface area contributed by atoms with E-state index in [-0.39, 0.29) is 10.6 Å². The van der Waals surface area contributed by atoms with Crippen molar-refractivity contribution in [3.8, 4) is 5.75 Å². The molecule has 3 aromatic carbocycles. The molecule has 0 saturated heterocycles. The van der Waals surface area contributed by atoms with Crippen LogP contribution in [0.2, 0.25) is 0 Å². The number of phenols is 1. The molecule has 0 radical (unpaired) electrons. The maximum absolute atomic E-state index is 12.6. The Hall–Kier alpha value is -2.53. The lowest BCUT2D eigenvalue weighted by molar-refractivity contribution is 0.481. The predicted octanol–water partition coefficient (Wildman–Crippen LogP) is 3.96. The lowest BCUT2D eigenvalue weighted by Gasteiger charge is -2.12. The SMILES string of the molecule is Cc1ccc(S(=O)(=O)Nc2cccc3c(O)cccc23)cc1C. The van der Waals surface area contributed by atoms with Crippen LogP contribution in [0.25, 0.3) is 10.8 Å². The van der Waals surface area contributed by atoms with E-state index in [1.807, 2.05) is 13.8 Å². The molecular formula is C18H17NO3S. The Kier molecular flexibility index (Phi) is 3.74. The first-order chi connectivity index (χ1) is 10.9. The Morgan fingerprint density at radius 1 is 0.870 bits per heavy atom. The number of hydrogen-bond donors (Lipinski definition) is 2. The number of fused-ring (bicyclic) bond motifs is 1. The molecule has 0 aromatic heterocycles. The second kappa shape index (κ2) is 5.59. The number of aromatic hydroxyl groups is 1. The molecule has 23 heavy (non-hydrogen) atoms. The zero-order chi connectivity index (χ0) is 16.6. The van der Waals surface area contributed by atoms with Crippen molar-refractivity contribution in [1.29, 1.82) is 0 Å². The minimum absolute atomic E-state index is 0.120. The monoisotopic (exact) mass is 327 g/mol. The lowest BCUT2D eigenvalue weighted by Crippen LogP contribution is -2.13. The molecule has 2 N–H and O–H groups in total. The first-order valence-electron chi connectivity index (χ1n) is 7.19. The number of hydrogen-bond acceptors (Lipinski definition) is 3. The Morgan fingerprint density at radius 3 is 2.30 bits per heavy atom. The molecule has 0 aliphatic carbocycles. The smallest absolute Gasteiger partial charge is 0.261 e. The van der Waals surface area contributed by atoms with Gasteiger partial charge in [0.15, 0.2) is 0 Å². The summed E-state index contributed by atoms with van der Waals surface area (Å²) in [5.74, 6) is 0.120. The summed E-state index contributed by atoms with van der Waals surface area (Å²) >= 11 is 0. The molecule has 3 rings (SSSR count). The van der Waals surface area contributed by atoms with Gasteiger partial charge in [-0.15, -0.1) is 0 Å². The Balaban J connectivity index is 2.07. The molecule has 3 aromatic rings. The fourth-order valence-corrected chi connectivity index (χ4v) is 3.63. The summed E-state index contributed by atoms with van der Waals surface area (Å²) in [5, 5.41) is 11.2. The standard InChI is InChI=1S/C18H17NO3S/c1-12-9-10-14(11-13(12)2)23(21,22)19-17-7-3-6-16-15(17)5-4-8-18(16)20/h3-11,19-20H,1-2H3. The molecule has 118 valence electrons. The molecule has 5 heteroatoms. The maximum atomic E-state index is 12.6. The van der Waals surface area contributed by atoms with E-state index in [0.29, 0.717) is 16.5 Å². The van der Waals surface area contributed by atoms with Crippen LogP contribution in [0.15, 0.2) is 59.5 Å².